The molecule has 4 heteroatoms. The first-order valence-electron chi connectivity index (χ1n) is 4.81. The van der Waals surface area contributed by atoms with Gasteiger partial charge in [-0.15, -0.1) is 0 Å². The number of ether oxygens (including phenoxy) is 1. The highest BCUT2D eigenvalue weighted by Crippen LogP contribution is 2.13. The number of rotatable bonds is 3. The summed E-state index contributed by atoms with van der Waals surface area (Å²) in [6, 6.07) is -0.158. The molecule has 0 aromatic heterocycles. The van der Waals surface area contributed by atoms with E-state index in [9.17, 15) is 4.79 Å². The predicted molar refractivity (Wildman–Crippen MR) is 48.3 cm³/mol. The number of aliphatic hydroxyl groups is 1. The van der Waals surface area contributed by atoms with Gasteiger partial charge in [-0.05, 0) is 26.2 Å². The lowest BCUT2D eigenvalue weighted by Crippen LogP contribution is -2.48. The van der Waals surface area contributed by atoms with E-state index in [1.54, 1.807) is 6.92 Å². The molecule has 0 saturated carbocycles. The van der Waals surface area contributed by atoms with Crippen molar-refractivity contribution in [3.05, 3.63) is 0 Å². The number of piperidine rings is 1. The Kier molecular flexibility index (Phi) is 4.18. The van der Waals surface area contributed by atoms with Gasteiger partial charge in [0.15, 0.2) is 0 Å². The van der Waals surface area contributed by atoms with E-state index in [0.717, 1.165) is 19.3 Å². The van der Waals surface area contributed by atoms with Crippen molar-refractivity contribution in [1.82, 2.24) is 5.32 Å². The quantitative estimate of drug-likeness (QED) is 0.613. The highest BCUT2D eigenvalue weighted by molar-refractivity contribution is 5.75. The Balaban J connectivity index is 2.37. The molecule has 4 nitrogen and oxygen atoms in total. The molecule has 0 aliphatic carbocycles. The Labute approximate surface area is 78.3 Å². The van der Waals surface area contributed by atoms with Gasteiger partial charge in [0.1, 0.15) is 6.04 Å². The van der Waals surface area contributed by atoms with Crippen molar-refractivity contribution in [1.29, 1.82) is 0 Å². The summed E-state index contributed by atoms with van der Waals surface area (Å²) in [7, 11) is 0. The Morgan fingerprint density at radius 1 is 1.62 bits per heavy atom. The number of hydrogen-bond acceptors (Lipinski definition) is 4. The molecule has 0 aromatic rings. The first-order chi connectivity index (χ1) is 6.27. The van der Waals surface area contributed by atoms with Crippen LogP contribution >= 0.6 is 0 Å². The summed E-state index contributed by atoms with van der Waals surface area (Å²) in [5.74, 6) is -0.194. The number of hydrogen-bond donors (Lipinski definition) is 2. The van der Waals surface area contributed by atoms with E-state index >= 15 is 0 Å². The molecule has 0 spiro atoms. The Morgan fingerprint density at radius 2 is 2.38 bits per heavy atom. The van der Waals surface area contributed by atoms with Crippen molar-refractivity contribution in [2.45, 2.75) is 38.3 Å². The average Bonchev–Trinajstić information content (AvgIpc) is 2.18. The van der Waals surface area contributed by atoms with Gasteiger partial charge in [0, 0.05) is 6.04 Å². The normalized spacial score (nSPS) is 28.5. The third kappa shape index (κ3) is 2.97. The lowest BCUT2D eigenvalue weighted by Gasteiger charge is -2.28. The third-order valence-corrected chi connectivity index (χ3v) is 2.27. The Morgan fingerprint density at radius 3 is 3.00 bits per heavy atom. The van der Waals surface area contributed by atoms with Gasteiger partial charge < -0.3 is 9.84 Å². The minimum Gasteiger partial charge on any atom is -0.465 e. The number of esters is 1. The molecule has 1 aliphatic rings. The molecule has 2 N–H and O–H groups in total. The zero-order valence-corrected chi connectivity index (χ0v) is 7.95. The van der Waals surface area contributed by atoms with Gasteiger partial charge in [0.2, 0.25) is 0 Å². The van der Waals surface area contributed by atoms with Crippen LogP contribution in [0.3, 0.4) is 0 Å². The van der Waals surface area contributed by atoms with Crippen molar-refractivity contribution in [3.63, 3.8) is 0 Å². The number of carbonyl (C=O) groups is 1. The molecule has 76 valence electrons. The summed E-state index contributed by atoms with van der Waals surface area (Å²) in [6.07, 6.45) is 2.73. The van der Waals surface area contributed by atoms with E-state index < -0.39 is 0 Å². The highest BCUT2D eigenvalue weighted by atomic mass is 16.5. The van der Waals surface area contributed by atoms with Crippen LogP contribution in [0.25, 0.3) is 0 Å². The van der Waals surface area contributed by atoms with Crippen LogP contribution in [0, 0.1) is 0 Å². The average molecular weight is 187 g/mol. The van der Waals surface area contributed by atoms with E-state index in [0.29, 0.717) is 6.61 Å². The van der Waals surface area contributed by atoms with E-state index in [-0.39, 0.29) is 24.7 Å². The van der Waals surface area contributed by atoms with Crippen LogP contribution < -0.4 is 5.32 Å². The molecule has 1 fully saturated rings. The topological polar surface area (TPSA) is 58.6 Å². The Hall–Kier alpha value is -0.610. The van der Waals surface area contributed by atoms with E-state index in [4.69, 9.17) is 9.84 Å². The summed E-state index contributed by atoms with van der Waals surface area (Å²) in [5.41, 5.74) is 0. The second kappa shape index (κ2) is 5.19. The molecule has 0 amide bonds. The summed E-state index contributed by atoms with van der Waals surface area (Å²) in [4.78, 5) is 11.3. The molecule has 1 aliphatic heterocycles. The molecular formula is C9H17NO3. The maximum absolute atomic E-state index is 11.3. The van der Waals surface area contributed by atoms with Crippen molar-refractivity contribution in [2.75, 3.05) is 13.2 Å². The number of carbonyl (C=O) groups excluding carboxylic acids is 1. The van der Waals surface area contributed by atoms with Crippen LogP contribution in [0.4, 0.5) is 0 Å². The first-order valence-corrected chi connectivity index (χ1v) is 4.81. The maximum atomic E-state index is 11.3. The van der Waals surface area contributed by atoms with Crippen molar-refractivity contribution < 1.29 is 14.6 Å². The molecule has 1 rings (SSSR count). The number of aliphatic hydroxyl groups excluding tert-OH is 1. The van der Waals surface area contributed by atoms with E-state index in [1.807, 2.05) is 0 Å². The van der Waals surface area contributed by atoms with Crippen molar-refractivity contribution in [3.8, 4) is 0 Å². The van der Waals surface area contributed by atoms with Gasteiger partial charge in [0.05, 0.1) is 13.2 Å². The molecule has 0 aromatic carbocycles. The summed E-state index contributed by atoms with van der Waals surface area (Å²) < 4.78 is 4.89. The summed E-state index contributed by atoms with van der Waals surface area (Å²) in [5, 5.41) is 12.0. The van der Waals surface area contributed by atoms with Gasteiger partial charge in [-0.3, -0.25) is 10.1 Å². The van der Waals surface area contributed by atoms with Crippen LogP contribution in [0.5, 0.6) is 0 Å². The summed E-state index contributed by atoms with van der Waals surface area (Å²) >= 11 is 0. The van der Waals surface area contributed by atoms with Crippen LogP contribution in [0.1, 0.15) is 26.2 Å². The molecule has 2 atom stereocenters. The zero-order chi connectivity index (χ0) is 9.68. The second-order valence-electron chi connectivity index (χ2n) is 3.28. The van der Waals surface area contributed by atoms with Gasteiger partial charge in [0.25, 0.3) is 0 Å². The standard InChI is InChI=1S/C9H17NO3/c1-2-13-9(12)8-5-3-4-7(6-11)10-8/h7-8,10-11H,2-6H2,1H3. The molecule has 2 unspecified atom stereocenters. The highest BCUT2D eigenvalue weighted by Gasteiger charge is 2.26. The van der Waals surface area contributed by atoms with Crippen LogP contribution in [0.15, 0.2) is 0 Å². The first kappa shape index (κ1) is 10.5. The fraction of sp³-hybridized carbons (Fsp3) is 0.889. The maximum Gasteiger partial charge on any atom is 0.323 e. The summed E-state index contributed by atoms with van der Waals surface area (Å²) in [6.45, 7) is 2.31. The largest absolute Gasteiger partial charge is 0.465 e. The monoisotopic (exact) mass is 187 g/mol. The predicted octanol–water partition coefficient (Wildman–Crippen LogP) is 0.0525. The fourth-order valence-corrected chi connectivity index (χ4v) is 1.59. The molecule has 13 heavy (non-hydrogen) atoms. The minimum atomic E-state index is -0.217. The van der Waals surface area contributed by atoms with Crippen LogP contribution in [-0.2, 0) is 9.53 Å². The smallest absolute Gasteiger partial charge is 0.323 e. The van der Waals surface area contributed by atoms with E-state index in [2.05, 4.69) is 5.32 Å². The second-order valence-corrected chi connectivity index (χ2v) is 3.28. The van der Waals surface area contributed by atoms with Crippen molar-refractivity contribution >= 4 is 5.97 Å². The lowest BCUT2D eigenvalue weighted by molar-refractivity contribution is -0.146. The molecule has 0 bridgehead atoms. The fourth-order valence-electron chi connectivity index (χ4n) is 1.59. The molecule has 1 heterocycles. The minimum absolute atomic E-state index is 0.0585. The van der Waals surface area contributed by atoms with Gasteiger partial charge in [-0.25, -0.2) is 0 Å². The Bertz CT molecular complexity index is 172. The molecular weight excluding hydrogens is 170 g/mol. The number of nitrogens with one attached hydrogen (secondary N) is 1. The van der Waals surface area contributed by atoms with Gasteiger partial charge in [-0.1, -0.05) is 0 Å². The van der Waals surface area contributed by atoms with Gasteiger partial charge in [-0.2, -0.15) is 0 Å². The van der Waals surface area contributed by atoms with Crippen LogP contribution in [0.2, 0.25) is 0 Å². The van der Waals surface area contributed by atoms with E-state index in [1.165, 1.54) is 0 Å². The molecule has 0 radical (unpaired) electrons. The zero-order valence-electron chi connectivity index (χ0n) is 7.95. The van der Waals surface area contributed by atoms with Crippen molar-refractivity contribution in [2.24, 2.45) is 0 Å². The van der Waals surface area contributed by atoms with Crippen LogP contribution in [-0.4, -0.2) is 36.4 Å². The third-order valence-electron chi connectivity index (χ3n) is 2.27. The lowest BCUT2D eigenvalue weighted by atomic mass is 9.99. The molecule has 1 saturated heterocycles. The van der Waals surface area contributed by atoms with Gasteiger partial charge >= 0.3 is 5.97 Å². The SMILES string of the molecule is CCOC(=O)C1CCCC(CO)N1.